The molecule has 1 saturated heterocycles. The van der Waals surface area contributed by atoms with Crippen molar-refractivity contribution >= 4 is 23.3 Å². The third-order valence-electron chi connectivity index (χ3n) is 4.86. The van der Waals surface area contributed by atoms with Crippen molar-refractivity contribution in [2.75, 3.05) is 9.80 Å². The molecule has 0 aromatic heterocycles. The van der Waals surface area contributed by atoms with Crippen LogP contribution in [0.4, 0.5) is 24.5 Å². The Morgan fingerprint density at radius 3 is 2.40 bits per heavy atom. The molecule has 0 radical (unpaired) electrons. The number of carboxylic acids is 1. The average molecular weight is 415 g/mol. The van der Waals surface area contributed by atoms with Gasteiger partial charge >= 0.3 is 12.1 Å². The van der Waals surface area contributed by atoms with Gasteiger partial charge in [0.05, 0.1) is 34.1 Å². The number of hydrogen-bond acceptors (Lipinski definition) is 4. The molecule has 1 heterocycles. The third kappa shape index (κ3) is 3.16. The molecule has 1 N–H and O–H groups in total. The molecule has 1 aliphatic rings. The highest BCUT2D eigenvalue weighted by Gasteiger charge is 2.50. The molecule has 9 heteroatoms. The molecule has 0 bridgehead atoms. The fourth-order valence-electron chi connectivity index (χ4n) is 3.47. The van der Waals surface area contributed by atoms with Crippen LogP contribution >= 0.6 is 0 Å². The van der Waals surface area contributed by atoms with E-state index in [1.807, 2.05) is 0 Å². The van der Waals surface area contributed by atoms with E-state index in [9.17, 15) is 27.9 Å². The van der Waals surface area contributed by atoms with Gasteiger partial charge in [0.25, 0.3) is 5.91 Å². The summed E-state index contributed by atoms with van der Waals surface area (Å²) in [7, 11) is 0. The number of halogens is 3. The molecular formula is C21H16F3N3O3. The number of para-hydroxylation sites is 1. The molecule has 30 heavy (non-hydrogen) atoms. The van der Waals surface area contributed by atoms with Gasteiger partial charge in [0, 0.05) is 0 Å². The first-order valence-corrected chi connectivity index (χ1v) is 8.68. The lowest BCUT2D eigenvalue weighted by Gasteiger charge is -2.31. The van der Waals surface area contributed by atoms with E-state index in [4.69, 9.17) is 5.26 Å². The molecule has 1 fully saturated rings. The normalized spacial score (nSPS) is 16.0. The van der Waals surface area contributed by atoms with Crippen LogP contribution in [0.1, 0.15) is 35.3 Å². The van der Waals surface area contributed by atoms with Crippen LogP contribution in [0, 0.1) is 11.3 Å². The highest BCUT2D eigenvalue weighted by molar-refractivity contribution is 6.11. The molecule has 0 unspecified atom stereocenters. The minimum atomic E-state index is -4.80. The third-order valence-corrected chi connectivity index (χ3v) is 4.86. The second-order valence-electron chi connectivity index (χ2n) is 7.11. The van der Waals surface area contributed by atoms with Gasteiger partial charge in [0.1, 0.15) is 11.4 Å². The zero-order valence-electron chi connectivity index (χ0n) is 16.0. The molecule has 6 nitrogen and oxygen atoms in total. The van der Waals surface area contributed by atoms with Crippen molar-refractivity contribution in [1.82, 2.24) is 0 Å². The lowest BCUT2D eigenvalue weighted by atomic mass is 10.0. The van der Waals surface area contributed by atoms with Gasteiger partial charge in [0.15, 0.2) is 0 Å². The van der Waals surface area contributed by atoms with Gasteiger partial charge < -0.3 is 10.0 Å². The maximum Gasteiger partial charge on any atom is 0.417 e. The number of nitriles is 1. The minimum Gasteiger partial charge on any atom is -0.478 e. The second kappa shape index (κ2) is 6.91. The molecule has 0 spiro atoms. The van der Waals surface area contributed by atoms with Gasteiger partial charge in [-0.25, -0.2) is 4.79 Å². The summed E-state index contributed by atoms with van der Waals surface area (Å²) in [6, 6.07) is 10.4. The van der Waals surface area contributed by atoms with Crippen LogP contribution in [0.15, 0.2) is 54.9 Å². The van der Waals surface area contributed by atoms with Gasteiger partial charge in [-0.3, -0.25) is 9.69 Å². The van der Waals surface area contributed by atoms with E-state index in [1.165, 1.54) is 49.1 Å². The number of carboxylic acid groups (broad SMARTS) is 1. The number of carbonyl (C=O) groups excluding carboxylic acids is 1. The van der Waals surface area contributed by atoms with Crippen molar-refractivity contribution in [3.8, 4) is 6.07 Å². The summed E-state index contributed by atoms with van der Waals surface area (Å²) in [5.74, 6) is -1.82. The van der Waals surface area contributed by atoms with Crippen molar-refractivity contribution in [1.29, 1.82) is 5.26 Å². The largest absolute Gasteiger partial charge is 0.478 e. The van der Waals surface area contributed by atoms with Gasteiger partial charge in [-0.15, -0.1) is 0 Å². The van der Waals surface area contributed by atoms with Crippen molar-refractivity contribution in [3.05, 3.63) is 71.6 Å². The Morgan fingerprint density at radius 2 is 1.83 bits per heavy atom. The molecule has 2 aromatic carbocycles. The summed E-state index contributed by atoms with van der Waals surface area (Å²) < 4.78 is 40.1. The van der Waals surface area contributed by atoms with Crippen molar-refractivity contribution < 1.29 is 27.9 Å². The van der Waals surface area contributed by atoms with Crippen LogP contribution in [0.3, 0.4) is 0 Å². The van der Waals surface area contributed by atoms with Crippen LogP contribution < -0.4 is 9.80 Å². The summed E-state index contributed by atoms with van der Waals surface area (Å²) in [5, 5.41) is 18.5. The molecule has 1 amide bonds. The fourth-order valence-corrected chi connectivity index (χ4v) is 3.47. The summed E-state index contributed by atoms with van der Waals surface area (Å²) in [6.45, 7) is 6.89. The number of carbonyl (C=O) groups is 2. The predicted octanol–water partition coefficient (Wildman–Crippen LogP) is 4.38. The van der Waals surface area contributed by atoms with Gasteiger partial charge in [0.2, 0.25) is 0 Å². The number of nitrogens with zero attached hydrogens (tertiary/aromatic N) is 3. The molecule has 0 saturated carbocycles. The second-order valence-corrected chi connectivity index (χ2v) is 7.11. The van der Waals surface area contributed by atoms with Crippen molar-refractivity contribution in [2.45, 2.75) is 25.6 Å². The highest BCUT2D eigenvalue weighted by atomic mass is 19.4. The van der Waals surface area contributed by atoms with Crippen LogP contribution in [0.25, 0.3) is 0 Å². The van der Waals surface area contributed by atoms with E-state index >= 15 is 0 Å². The number of benzene rings is 2. The van der Waals surface area contributed by atoms with Gasteiger partial charge in [-0.2, -0.15) is 18.4 Å². The standard InChI is InChI=1S/C21H16F3N3O3/c1-12-26(14-9-8-13(11-25)16(10-14)21(22,23)24)19(30)20(2,3)27(12)17-7-5-4-6-15(17)18(28)29/h4-10H,1H2,2-3H3,(H,28,29). The summed E-state index contributed by atoms with van der Waals surface area (Å²) in [4.78, 5) is 27.2. The first kappa shape index (κ1) is 20.9. The van der Waals surface area contributed by atoms with E-state index in [0.717, 1.165) is 11.0 Å². The van der Waals surface area contributed by atoms with E-state index in [2.05, 4.69) is 6.58 Å². The summed E-state index contributed by atoms with van der Waals surface area (Å²) in [6.07, 6.45) is -4.80. The number of amides is 1. The molecule has 2 aromatic rings. The molecular weight excluding hydrogens is 399 g/mol. The zero-order valence-corrected chi connectivity index (χ0v) is 16.0. The topological polar surface area (TPSA) is 84.6 Å². The summed E-state index contributed by atoms with van der Waals surface area (Å²) >= 11 is 0. The highest BCUT2D eigenvalue weighted by Crippen LogP contribution is 2.43. The maximum atomic E-state index is 13.4. The molecule has 0 atom stereocenters. The number of hydrogen-bond donors (Lipinski definition) is 1. The first-order valence-electron chi connectivity index (χ1n) is 8.68. The molecule has 1 aliphatic heterocycles. The lowest BCUT2D eigenvalue weighted by molar-refractivity contribution is -0.137. The average Bonchev–Trinajstić information content (AvgIpc) is 2.84. The quantitative estimate of drug-likeness (QED) is 0.804. The first-order chi connectivity index (χ1) is 13.9. The van der Waals surface area contributed by atoms with Gasteiger partial charge in [-0.1, -0.05) is 18.7 Å². The van der Waals surface area contributed by atoms with E-state index < -0.39 is 34.7 Å². The van der Waals surface area contributed by atoms with Crippen LogP contribution in [-0.4, -0.2) is 22.5 Å². The monoisotopic (exact) mass is 415 g/mol. The Morgan fingerprint density at radius 1 is 1.20 bits per heavy atom. The number of aromatic carboxylic acids is 1. The van der Waals surface area contributed by atoms with Crippen molar-refractivity contribution in [2.24, 2.45) is 0 Å². The molecule has 3 rings (SSSR count). The van der Waals surface area contributed by atoms with Gasteiger partial charge in [-0.05, 0) is 44.2 Å². The predicted molar refractivity (Wildman–Crippen MR) is 103 cm³/mol. The lowest BCUT2D eigenvalue weighted by Crippen LogP contribution is -2.43. The Hall–Kier alpha value is -3.80. The van der Waals surface area contributed by atoms with Crippen LogP contribution in [-0.2, 0) is 11.0 Å². The Kier molecular flexibility index (Phi) is 4.82. The molecule has 154 valence electrons. The van der Waals surface area contributed by atoms with E-state index in [0.29, 0.717) is 6.07 Å². The van der Waals surface area contributed by atoms with Crippen LogP contribution in [0.5, 0.6) is 0 Å². The van der Waals surface area contributed by atoms with E-state index in [1.54, 1.807) is 6.07 Å². The van der Waals surface area contributed by atoms with Crippen LogP contribution in [0.2, 0.25) is 0 Å². The number of rotatable bonds is 3. The Balaban J connectivity index is 2.17. The van der Waals surface area contributed by atoms with Crippen molar-refractivity contribution in [3.63, 3.8) is 0 Å². The SMILES string of the molecule is C=C1N(c2ccc(C#N)c(C(F)(F)F)c2)C(=O)C(C)(C)N1c1ccccc1C(=O)O. The maximum absolute atomic E-state index is 13.4. The Labute approximate surface area is 170 Å². The fraction of sp³-hybridized carbons (Fsp3) is 0.190. The molecule has 0 aliphatic carbocycles. The zero-order chi connectivity index (χ0) is 22.4. The number of alkyl halides is 3. The smallest absolute Gasteiger partial charge is 0.417 e. The minimum absolute atomic E-state index is 0.00321. The van der Waals surface area contributed by atoms with E-state index in [-0.39, 0.29) is 22.8 Å². The number of anilines is 2. The Bertz CT molecular complexity index is 1120. The summed E-state index contributed by atoms with van der Waals surface area (Å²) in [5.41, 5.74) is -3.10.